The lowest BCUT2D eigenvalue weighted by molar-refractivity contribution is -0.147. The van der Waals surface area contributed by atoms with Gasteiger partial charge in [-0.15, -0.1) is 11.8 Å². The summed E-state index contributed by atoms with van der Waals surface area (Å²) in [5, 5.41) is 1.91. The molecule has 43 heavy (non-hydrogen) atoms. The molecule has 0 spiro atoms. The Bertz CT molecular complexity index is 1680. The smallest absolute Gasteiger partial charge is 0.305 e. The summed E-state index contributed by atoms with van der Waals surface area (Å²) in [4.78, 5) is 50.0. The summed E-state index contributed by atoms with van der Waals surface area (Å²) in [5.41, 5.74) is 0.867. The van der Waals surface area contributed by atoms with Crippen LogP contribution in [-0.2, 0) is 20.1 Å². The van der Waals surface area contributed by atoms with Crippen molar-refractivity contribution >= 4 is 29.9 Å². The van der Waals surface area contributed by atoms with Crippen LogP contribution in [-0.4, -0.2) is 46.7 Å². The quantitative estimate of drug-likeness (QED) is 0.237. The second-order valence-corrected chi connectivity index (χ2v) is 12.0. The fourth-order valence-corrected chi connectivity index (χ4v) is 7.57. The van der Waals surface area contributed by atoms with Gasteiger partial charge in [-0.25, -0.2) is 8.78 Å². The first-order chi connectivity index (χ1) is 20.7. The van der Waals surface area contributed by atoms with Crippen molar-refractivity contribution in [3.8, 4) is 5.75 Å². The highest BCUT2D eigenvalue weighted by atomic mass is 32.2. The van der Waals surface area contributed by atoms with Crippen molar-refractivity contribution in [2.45, 2.75) is 55.3 Å². The maximum Gasteiger partial charge on any atom is 0.305 e. The van der Waals surface area contributed by atoms with E-state index in [1.54, 1.807) is 15.6 Å². The summed E-state index contributed by atoms with van der Waals surface area (Å²) in [6.07, 6.45) is 4.89. The number of aldehydes is 1. The molecule has 12 heteroatoms. The molecule has 3 aromatic rings. The van der Waals surface area contributed by atoms with Crippen LogP contribution in [0.1, 0.15) is 66.3 Å². The molecule has 0 radical (unpaired) electrons. The van der Waals surface area contributed by atoms with Gasteiger partial charge in [0.1, 0.15) is 13.0 Å². The molecule has 5 aliphatic rings. The number of benzene rings is 2. The van der Waals surface area contributed by atoms with Gasteiger partial charge in [0.15, 0.2) is 17.3 Å². The average Bonchev–Trinajstić information content (AvgIpc) is 3.09. The highest BCUT2D eigenvalue weighted by Gasteiger charge is 2.63. The number of halogens is 2. The molecule has 0 unspecified atom stereocenters. The zero-order valence-corrected chi connectivity index (χ0v) is 24.4. The maximum absolute atomic E-state index is 15.3. The zero-order valence-electron chi connectivity index (χ0n) is 23.5. The van der Waals surface area contributed by atoms with E-state index in [9.17, 15) is 18.8 Å². The molecule has 3 saturated carbocycles. The summed E-state index contributed by atoms with van der Waals surface area (Å²) in [5.74, 6) is -2.16. The molecule has 2 aromatic carbocycles. The molecule has 2 bridgehead atoms. The third-order valence-electron chi connectivity index (χ3n) is 8.50. The summed E-state index contributed by atoms with van der Waals surface area (Å²) in [7, 11) is 0. The number of pyridine rings is 1. The summed E-state index contributed by atoms with van der Waals surface area (Å²) < 4.78 is 41.8. The number of hydrogen-bond acceptors (Lipinski definition) is 8. The van der Waals surface area contributed by atoms with Crippen molar-refractivity contribution in [3.63, 3.8) is 0 Å². The fourth-order valence-electron chi connectivity index (χ4n) is 6.46. The summed E-state index contributed by atoms with van der Waals surface area (Å²) in [6.45, 7) is 2.31. The van der Waals surface area contributed by atoms with Crippen LogP contribution >= 0.6 is 11.8 Å². The molecule has 1 amide bonds. The lowest BCUT2D eigenvalue weighted by Gasteiger charge is -2.67. The predicted octanol–water partition coefficient (Wildman–Crippen LogP) is 4.53. The first kappa shape index (κ1) is 28.9. The average molecular weight is 610 g/mol. The molecular formula is C31H29F2N3O6S. The van der Waals surface area contributed by atoms with E-state index < -0.39 is 35.9 Å². The van der Waals surface area contributed by atoms with Gasteiger partial charge in [-0.3, -0.25) is 24.1 Å². The van der Waals surface area contributed by atoms with E-state index >= 15 is 4.39 Å². The van der Waals surface area contributed by atoms with Crippen LogP contribution in [0.5, 0.6) is 5.75 Å². The van der Waals surface area contributed by atoms with E-state index in [-0.39, 0.29) is 40.9 Å². The number of rotatable bonds is 5. The number of thioether (sulfide) groups is 1. The Morgan fingerprint density at radius 1 is 1.09 bits per heavy atom. The predicted molar refractivity (Wildman–Crippen MR) is 153 cm³/mol. The minimum atomic E-state index is -0.918. The first-order valence-corrected chi connectivity index (χ1v) is 14.9. The number of amides is 1. The van der Waals surface area contributed by atoms with Crippen molar-refractivity contribution in [2.75, 3.05) is 18.5 Å². The molecule has 3 fully saturated rings. The molecule has 8 rings (SSSR count). The minimum absolute atomic E-state index is 0.00846. The lowest BCUT2D eigenvalue weighted by atomic mass is 9.49. The molecule has 3 aliphatic carbocycles. The van der Waals surface area contributed by atoms with Gasteiger partial charge >= 0.3 is 5.97 Å². The number of aromatic nitrogens is 1. The zero-order chi connectivity index (χ0) is 30.5. The number of hydrogen-bond donors (Lipinski definition) is 0. The molecule has 1 aromatic heterocycles. The third kappa shape index (κ3) is 4.77. The molecule has 1 atom stereocenters. The van der Waals surface area contributed by atoms with Crippen LogP contribution in [0.15, 0.2) is 58.4 Å². The Kier molecular flexibility index (Phi) is 7.49. The van der Waals surface area contributed by atoms with E-state index in [1.807, 2.05) is 29.3 Å². The minimum Gasteiger partial charge on any atom is -0.451 e. The van der Waals surface area contributed by atoms with Crippen LogP contribution in [0, 0.1) is 17.6 Å². The summed E-state index contributed by atoms with van der Waals surface area (Å²) in [6, 6.07) is 11.1. The van der Waals surface area contributed by atoms with Gasteiger partial charge in [-0.2, -0.15) is 0 Å². The van der Waals surface area contributed by atoms with Gasteiger partial charge in [0.05, 0.1) is 6.04 Å². The normalized spacial score (nSPS) is 22.7. The number of esters is 1. The fraction of sp³-hybridized carbons (Fsp3) is 0.355. The molecule has 3 heterocycles. The van der Waals surface area contributed by atoms with Gasteiger partial charge < -0.3 is 19.2 Å². The van der Waals surface area contributed by atoms with Gasteiger partial charge in [0.25, 0.3) is 5.91 Å². The van der Waals surface area contributed by atoms with Crippen molar-refractivity contribution in [1.29, 1.82) is 0 Å². The van der Waals surface area contributed by atoms with Gasteiger partial charge in [-0.05, 0) is 55.4 Å². The largest absolute Gasteiger partial charge is 0.451 e. The number of ether oxygens (including phenoxy) is 2. The highest BCUT2D eigenvalue weighted by molar-refractivity contribution is 7.98. The van der Waals surface area contributed by atoms with Gasteiger partial charge in [0, 0.05) is 40.9 Å². The van der Waals surface area contributed by atoms with Crippen LogP contribution in [0.3, 0.4) is 0 Å². The first-order valence-electron chi connectivity index (χ1n) is 13.9. The standard InChI is InChI=1S/C29H25F2N3O5S.C2H4O/c1-16(35)38-15-39-27-22(36)8-9-33-26(27)28(37)32(29-10-17(11-29)12-29)14-34(33)25-18-6-7-21(30)24(31)20(18)13-40-23-5-3-2-4-19(23)25;1-2-3/h2-9,17,25H,10-15H2,1H3;2H,1H3/t17?,25-,29?;/m0./s1. The van der Waals surface area contributed by atoms with Crippen LogP contribution in [0.25, 0.3) is 0 Å². The summed E-state index contributed by atoms with van der Waals surface area (Å²) >= 11 is 1.43. The highest BCUT2D eigenvalue weighted by Crippen LogP contribution is 2.61. The van der Waals surface area contributed by atoms with E-state index in [0.29, 0.717) is 11.5 Å². The van der Waals surface area contributed by atoms with Crippen LogP contribution < -0.4 is 15.2 Å². The van der Waals surface area contributed by atoms with Gasteiger partial charge in [0.2, 0.25) is 18.0 Å². The Hall–Kier alpha value is -4.19. The molecule has 9 nitrogen and oxygen atoms in total. The van der Waals surface area contributed by atoms with Crippen molar-refractivity contribution < 1.29 is 32.6 Å². The number of carbonyl (C=O) groups is 3. The maximum atomic E-state index is 15.3. The second kappa shape index (κ2) is 11.1. The molecule has 224 valence electrons. The number of fused-ring (bicyclic) bond motifs is 3. The molecule has 2 aliphatic heterocycles. The molecule has 0 N–H and O–H groups in total. The van der Waals surface area contributed by atoms with Crippen molar-refractivity contribution in [1.82, 2.24) is 9.58 Å². The SMILES string of the molecule is CC(=O)OCOc1c2n(ccc1=O)N([C@@H]1c3ccccc3SCc3c1ccc(F)c3F)CN(C13CC(C1)C3)C2=O.CC=O. The van der Waals surface area contributed by atoms with Crippen LogP contribution in [0.4, 0.5) is 8.78 Å². The van der Waals surface area contributed by atoms with Gasteiger partial charge in [-0.1, -0.05) is 24.3 Å². The van der Waals surface area contributed by atoms with E-state index in [2.05, 4.69) is 0 Å². The number of carbonyl (C=O) groups excluding carboxylic acids is 3. The molecule has 0 saturated heterocycles. The Balaban J connectivity index is 0.00000105. The Labute approximate surface area is 250 Å². The van der Waals surface area contributed by atoms with Crippen molar-refractivity contribution in [2.24, 2.45) is 5.92 Å². The monoisotopic (exact) mass is 609 g/mol. The topological polar surface area (TPSA) is 98.2 Å². The Morgan fingerprint density at radius 2 is 1.81 bits per heavy atom. The van der Waals surface area contributed by atoms with Crippen LogP contribution in [0.2, 0.25) is 0 Å². The van der Waals surface area contributed by atoms with E-state index in [1.165, 1.54) is 37.9 Å². The third-order valence-corrected chi connectivity index (χ3v) is 9.62. The Morgan fingerprint density at radius 3 is 2.49 bits per heavy atom. The molecular weight excluding hydrogens is 580 g/mol. The number of nitrogens with zero attached hydrogens (tertiary/aromatic N) is 3. The van der Waals surface area contributed by atoms with E-state index in [4.69, 9.17) is 14.3 Å². The second-order valence-electron chi connectivity index (χ2n) is 11.0. The van der Waals surface area contributed by atoms with Crippen molar-refractivity contribution in [3.05, 3.63) is 92.9 Å². The lowest BCUT2D eigenvalue weighted by Crippen LogP contribution is -2.73. The van der Waals surface area contributed by atoms with E-state index in [0.717, 1.165) is 42.1 Å².